The Kier molecular flexibility index (Phi) is 21.7. The van der Waals surface area contributed by atoms with Crippen molar-refractivity contribution in [3.8, 4) is 22.5 Å². The first kappa shape index (κ1) is 61.3. The number of nitrogens with zero attached hydrogens (tertiary/aromatic N) is 2. The van der Waals surface area contributed by atoms with Crippen LogP contribution in [0.5, 0.6) is 0 Å². The molecular weight excluding hydrogens is 1040 g/mol. The molecule has 4 aliphatic heterocycles. The number of rotatable bonds is 24. The lowest BCUT2D eigenvalue weighted by Crippen LogP contribution is -2.66. The smallest absolute Gasteiger partial charge is 0.251 e. The van der Waals surface area contributed by atoms with Gasteiger partial charge < -0.3 is 109 Å². The van der Waals surface area contributed by atoms with Crippen LogP contribution in [-0.2, 0) is 33.2 Å². The molecule has 25 nitrogen and oxygen atoms in total. The normalized spacial score (nSPS) is 29.1. The van der Waals surface area contributed by atoms with Gasteiger partial charge >= 0.3 is 0 Å². The first-order chi connectivity index (χ1) is 37.8. The molecule has 79 heavy (non-hydrogen) atoms. The fourth-order valence-corrected chi connectivity index (χ4v) is 9.82. The molecule has 2 aromatic carbocycles. The summed E-state index contributed by atoms with van der Waals surface area (Å²) in [6.45, 7) is -2.03. The Hall–Kier alpha value is -5.30. The zero-order valence-electron chi connectivity index (χ0n) is 44.4. The molecule has 3 saturated heterocycles. The van der Waals surface area contributed by atoms with Crippen molar-refractivity contribution < 1.29 is 103 Å². The van der Waals surface area contributed by atoms with Gasteiger partial charge in [-0.1, -0.05) is 31.7 Å². The molecular formula is C54H74N4O21. The Labute approximate surface area is 455 Å². The quantitative estimate of drug-likeness (QED) is 0.0186. The van der Waals surface area contributed by atoms with Gasteiger partial charge in [-0.05, 0) is 48.7 Å². The topological polar surface area (TPSA) is 375 Å². The van der Waals surface area contributed by atoms with Crippen LogP contribution in [0.4, 0.5) is 5.69 Å². The number of aliphatic hydroxyl groups is 10. The van der Waals surface area contributed by atoms with E-state index in [4.69, 9.17) is 32.8 Å². The Balaban J connectivity index is 0.805. The molecule has 25 heteroatoms. The number of carbonyl (C=O) groups is 3. The monoisotopic (exact) mass is 1110 g/mol. The molecule has 0 aromatic heterocycles. The summed E-state index contributed by atoms with van der Waals surface area (Å²) in [6, 6.07) is 15.8. The number of unbranched alkanes of at least 4 members (excludes halogenated alkanes) is 5. The molecule has 0 saturated carbocycles. The molecule has 3 fully saturated rings. The number of ether oxygens (including phenoxy) is 6. The first-order valence-corrected chi connectivity index (χ1v) is 26.3. The van der Waals surface area contributed by atoms with Crippen molar-refractivity contribution in [3.05, 3.63) is 71.1 Å². The van der Waals surface area contributed by atoms with Crippen molar-refractivity contribution in [2.75, 3.05) is 72.6 Å². The van der Waals surface area contributed by atoms with Gasteiger partial charge in [0.05, 0.1) is 31.9 Å². The van der Waals surface area contributed by atoms with Gasteiger partial charge in [-0.2, -0.15) is 0 Å². The van der Waals surface area contributed by atoms with E-state index in [1.54, 1.807) is 12.1 Å². The van der Waals surface area contributed by atoms with Crippen LogP contribution in [0.1, 0.15) is 65.7 Å². The predicted molar refractivity (Wildman–Crippen MR) is 277 cm³/mol. The third-order valence-electron chi connectivity index (χ3n) is 14.4. The van der Waals surface area contributed by atoms with E-state index in [1.165, 1.54) is 6.07 Å². The summed E-state index contributed by atoms with van der Waals surface area (Å²) in [5.74, 6) is -1.63. The van der Waals surface area contributed by atoms with Crippen molar-refractivity contribution >= 4 is 34.4 Å². The molecule has 7 rings (SSSR count). The largest absolute Gasteiger partial charge is 0.545 e. The van der Waals surface area contributed by atoms with E-state index in [2.05, 4.69) is 10.6 Å². The van der Waals surface area contributed by atoms with Gasteiger partial charge in [0.15, 0.2) is 18.9 Å². The highest BCUT2D eigenvalue weighted by Gasteiger charge is 2.54. The highest BCUT2D eigenvalue weighted by molar-refractivity contribution is 6.09. The van der Waals surface area contributed by atoms with Crippen molar-refractivity contribution in [3.63, 3.8) is 0 Å². The van der Waals surface area contributed by atoms with Gasteiger partial charge in [0.2, 0.25) is 11.3 Å². The third kappa shape index (κ3) is 14.4. The first-order valence-electron chi connectivity index (χ1n) is 26.3. The fourth-order valence-electron chi connectivity index (χ4n) is 9.82. The summed E-state index contributed by atoms with van der Waals surface area (Å²) in [4.78, 5) is 40.5. The van der Waals surface area contributed by atoms with Crippen molar-refractivity contribution in [2.24, 2.45) is 0 Å². The highest BCUT2D eigenvalue weighted by Crippen LogP contribution is 2.42. The number of aliphatic hydroxyl groups excluding tert-OH is 10. The van der Waals surface area contributed by atoms with Crippen LogP contribution in [0.15, 0.2) is 59.0 Å². The van der Waals surface area contributed by atoms with Crippen LogP contribution in [-0.4, -0.2) is 229 Å². The van der Waals surface area contributed by atoms with Crippen molar-refractivity contribution in [2.45, 2.75) is 137 Å². The predicted octanol–water partition coefficient (Wildman–Crippen LogP) is -3.29. The Bertz CT molecular complexity index is 2720. The second kappa shape index (κ2) is 27.9. The number of fused-ring (bicyclic) bond motifs is 2. The van der Waals surface area contributed by atoms with E-state index in [0.29, 0.717) is 52.7 Å². The maximum absolute atomic E-state index is 13.2. The number of anilines is 1. The molecule has 2 amide bonds. The van der Waals surface area contributed by atoms with Crippen LogP contribution in [0.25, 0.3) is 33.4 Å². The molecule has 436 valence electrons. The number of nitrogens with one attached hydrogen (secondary N) is 2. The van der Waals surface area contributed by atoms with E-state index < -0.39 is 124 Å². The maximum Gasteiger partial charge on any atom is 0.251 e. The van der Waals surface area contributed by atoms with Gasteiger partial charge in [0.1, 0.15) is 98.7 Å². The summed E-state index contributed by atoms with van der Waals surface area (Å²) in [5, 5.41) is 124. The van der Waals surface area contributed by atoms with Gasteiger partial charge in [-0.15, -0.1) is 0 Å². The molecule has 0 bridgehead atoms. The Morgan fingerprint density at radius 3 is 1.91 bits per heavy atom. The molecule has 0 radical (unpaired) electrons. The summed E-state index contributed by atoms with van der Waals surface area (Å²) in [7, 11) is 7.64. The number of benzene rings is 3. The third-order valence-corrected chi connectivity index (χ3v) is 14.4. The van der Waals surface area contributed by atoms with Crippen molar-refractivity contribution in [1.82, 2.24) is 15.2 Å². The maximum atomic E-state index is 13.2. The van der Waals surface area contributed by atoms with E-state index >= 15 is 0 Å². The van der Waals surface area contributed by atoms with Crippen LogP contribution < -0.4 is 30.6 Å². The average Bonchev–Trinajstić information content (AvgIpc) is 3.45. The van der Waals surface area contributed by atoms with E-state index in [9.17, 15) is 70.6 Å². The molecule has 15 atom stereocenters. The lowest BCUT2D eigenvalue weighted by molar-refractivity contribution is -0.380. The highest BCUT2D eigenvalue weighted by atomic mass is 16.8. The zero-order valence-corrected chi connectivity index (χ0v) is 44.4. The number of hydrogen-bond acceptors (Lipinski definition) is 22. The minimum absolute atomic E-state index is 0.0939. The lowest BCUT2D eigenvalue weighted by Gasteiger charge is -2.48. The Morgan fingerprint density at radius 1 is 0.633 bits per heavy atom. The molecule has 0 unspecified atom stereocenters. The molecule has 2 aromatic rings. The van der Waals surface area contributed by atoms with E-state index in [-0.39, 0.29) is 43.2 Å². The van der Waals surface area contributed by atoms with Crippen LogP contribution in [0, 0.1) is 0 Å². The molecule has 4 heterocycles. The minimum Gasteiger partial charge on any atom is -0.545 e. The van der Waals surface area contributed by atoms with Gasteiger partial charge in [-0.25, -0.2) is 4.58 Å². The number of hydrogen-bond donors (Lipinski definition) is 12. The molecule has 0 spiro atoms. The summed E-state index contributed by atoms with van der Waals surface area (Å²) in [5.41, 5.74) is 3.03. The fraction of sp³-hybridized carbons (Fsp3) is 0.593. The summed E-state index contributed by atoms with van der Waals surface area (Å²) in [6.07, 6.45) is -20.7. The number of aromatic carboxylic acids is 1. The van der Waals surface area contributed by atoms with Gasteiger partial charge in [0.25, 0.3) is 5.91 Å². The zero-order chi connectivity index (χ0) is 57.2. The molecule has 12 N–H and O–H groups in total. The van der Waals surface area contributed by atoms with Crippen LogP contribution in [0.3, 0.4) is 0 Å². The average molecular weight is 1120 g/mol. The van der Waals surface area contributed by atoms with Crippen LogP contribution >= 0.6 is 0 Å². The number of carbonyl (C=O) groups excluding carboxylic acids is 3. The Morgan fingerprint density at radius 2 is 1.24 bits per heavy atom. The second-order valence-corrected chi connectivity index (χ2v) is 20.3. The van der Waals surface area contributed by atoms with E-state index in [1.807, 2.05) is 74.1 Å². The van der Waals surface area contributed by atoms with Crippen LogP contribution in [0.2, 0.25) is 0 Å². The van der Waals surface area contributed by atoms with Gasteiger partial charge in [-0.3, -0.25) is 9.59 Å². The summed E-state index contributed by atoms with van der Waals surface area (Å²) >= 11 is 0. The summed E-state index contributed by atoms with van der Waals surface area (Å²) < 4.78 is 41.9. The SMILES string of the molecule is CN(C)c1ccc2c(-c3ccc(C(=O)NCCNC(=O)CCCCCCCCO[C@@H]4O[C@H](CO)[C@@H](O[C@@H]5O[C@H](CO)[C@H](O)[C@H](O[C@H]6O[C@H](CO)[C@H](O)[C@H](O)[C@H]6O)[C@H]5O)[C@H](O)[C@H]4O)cc3C(=O)[O-])c3ccc(=[N+](C)C)cc-3oc2c1. The standard InChI is InChI=1S/C54H74N4O21/c1-57(2)28-13-16-31-34(22-28)74-35-23-29(58(3)4)14-17-32(35)40(31)30-15-12-27(21-33(30)51(71)72)50(70)56-19-18-55-39(62)11-9-7-5-6-8-10-20-73-52-46(68)44(66)48(38(26-61)77-52)78-54-47(69)49(42(64)37(25-60)76-54)79-53-45(67)43(65)41(63)36(24-59)75-53/h12-17,21-23,36-38,41-49,52-54,59-61,63-69H,5-11,18-20,24-26H2,1-4H3,(H2-,55,56,62,70,71,72)/t36-,37-,38-,41+,42+,43+,44-,45-,46-,47-,48-,49+,52-,53-,54+/m1/s1. The number of amides is 2. The lowest BCUT2D eigenvalue weighted by atomic mass is 9.89. The van der Waals surface area contributed by atoms with E-state index in [0.717, 1.165) is 30.3 Å². The number of carboxylic acids is 1. The minimum atomic E-state index is -1.94. The van der Waals surface area contributed by atoms with Crippen molar-refractivity contribution in [1.29, 1.82) is 0 Å². The molecule has 1 aliphatic carbocycles. The number of carboxylic acid groups (broad SMARTS) is 1. The van der Waals surface area contributed by atoms with Gasteiger partial charge in [0, 0.05) is 85.7 Å². The second-order valence-electron chi connectivity index (χ2n) is 20.3. The molecule has 5 aliphatic rings.